The van der Waals surface area contributed by atoms with Crippen LogP contribution in [0.1, 0.15) is 32.6 Å². The van der Waals surface area contributed by atoms with Crippen LogP contribution in [0, 0.1) is 0 Å². The summed E-state index contributed by atoms with van der Waals surface area (Å²) >= 11 is 6.04. The molecule has 2 fully saturated rings. The summed E-state index contributed by atoms with van der Waals surface area (Å²) in [5.41, 5.74) is 13.6. The number of aromatic nitrogens is 1. The molecule has 192 valence electrons. The van der Waals surface area contributed by atoms with Crippen molar-refractivity contribution in [2.75, 3.05) is 57.0 Å². The SMILES string of the molecule is C=C(N)N1CCN(c2cc(N)nc3cc(Cl)ccc23)CC1.CCN1CCCCCC1=O.COC=O. The fourth-order valence-electron chi connectivity index (χ4n) is 4.07. The molecule has 2 aliphatic rings. The Morgan fingerprint density at radius 2 is 1.86 bits per heavy atom. The number of carbonyl (C=O) groups excluding carboxylic acids is 2. The van der Waals surface area contributed by atoms with Crippen molar-refractivity contribution in [3.8, 4) is 0 Å². The van der Waals surface area contributed by atoms with Gasteiger partial charge >= 0.3 is 0 Å². The van der Waals surface area contributed by atoms with Gasteiger partial charge in [-0.25, -0.2) is 4.98 Å². The van der Waals surface area contributed by atoms with Crippen molar-refractivity contribution in [2.24, 2.45) is 5.73 Å². The van der Waals surface area contributed by atoms with Gasteiger partial charge in [0.05, 0.1) is 18.4 Å². The number of methoxy groups -OCH3 is 1. The summed E-state index contributed by atoms with van der Waals surface area (Å²) in [6, 6.07) is 7.63. The first-order valence-electron chi connectivity index (χ1n) is 11.8. The third-order valence-corrected chi connectivity index (χ3v) is 6.18. The summed E-state index contributed by atoms with van der Waals surface area (Å²) in [5, 5.41) is 1.73. The van der Waals surface area contributed by atoms with Crippen LogP contribution in [0.3, 0.4) is 0 Å². The quantitative estimate of drug-likeness (QED) is 0.609. The number of rotatable bonds is 4. The van der Waals surface area contributed by atoms with Gasteiger partial charge in [0.15, 0.2) is 0 Å². The van der Waals surface area contributed by atoms with Crippen LogP contribution in [0.25, 0.3) is 10.9 Å². The number of fused-ring (bicyclic) bond motifs is 1. The average Bonchev–Trinajstić information content (AvgIpc) is 3.07. The smallest absolute Gasteiger partial charge is 0.292 e. The molecule has 9 nitrogen and oxygen atoms in total. The average molecular weight is 505 g/mol. The molecule has 1 aromatic carbocycles. The van der Waals surface area contributed by atoms with Crippen molar-refractivity contribution in [1.29, 1.82) is 0 Å². The standard InChI is InChI=1S/C15H18ClN5.C8H15NO.C2H4O2/c1-10(17)20-4-6-21(7-5-20)14-9-15(18)19-13-8-11(16)2-3-12(13)14;1-2-9-7-5-3-4-6-8(9)10;1-4-2-3/h2-3,8-9H,1,4-7,17H2,(H2,18,19);2-7H2,1H3;2H,1H3. The Kier molecular flexibility index (Phi) is 11.4. The molecule has 0 spiro atoms. The summed E-state index contributed by atoms with van der Waals surface area (Å²) < 4.78 is 3.86. The fourth-order valence-corrected chi connectivity index (χ4v) is 4.24. The van der Waals surface area contributed by atoms with Gasteiger partial charge in [-0.2, -0.15) is 0 Å². The van der Waals surface area contributed by atoms with Crippen molar-refractivity contribution in [1.82, 2.24) is 14.8 Å². The summed E-state index contributed by atoms with van der Waals surface area (Å²) in [4.78, 5) is 30.8. The number of piperazine rings is 1. The predicted octanol–water partition coefficient (Wildman–Crippen LogP) is 3.22. The molecule has 0 atom stereocenters. The molecule has 1 aromatic heterocycles. The molecule has 4 N–H and O–H groups in total. The molecule has 0 aliphatic carbocycles. The Morgan fingerprint density at radius 3 is 2.46 bits per heavy atom. The summed E-state index contributed by atoms with van der Waals surface area (Å²) in [5.74, 6) is 1.48. The number of hydrogen-bond donors (Lipinski definition) is 2. The predicted molar refractivity (Wildman–Crippen MR) is 142 cm³/mol. The van der Waals surface area contributed by atoms with Crippen LogP contribution in [-0.2, 0) is 14.3 Å². The number of nitrogen functional groups attached to an aromatic ring is 1. The normalized spacial score (nSPS) is 15.9. The molecular formula is C25H37ClN6O3. The van der Waals surface area contributed by atoms with E-state index in [-0.39, 0.29) is 0 Å². The molecule has 35 heavy (non-hydrogen) atoms. The molecule has 1 amide bonds. The lowest BCUT2D eigenvalue weighted by molar-refractivity contribution is -0.130. The second-order valence-electron chi connectivity index (χ2n) is 8.31. The molecule has 0 unspecified atom stereocenters. The number of anilines is 2. The van der Waals surface area contributed by atoms with Crippen LogP contribution in [0.4, 0.5) is 11.5 Å². The Balaban J connectivity index is 0.000000257. The molecule has 0 radical (unpaired) electrons. The van der Waals surface area contributed by atoms with Gasteiger partial charge in [-0.05, 0) is 38.0 Å². The van der Waals surface area contributed by atoms with E-state index in [0.717, 1.165) is 68.7 Å². The van der Waals surface area contributed by atoms with E-state index in [4.69, 9.17) is 27.9 Å². The second-order valence-corrected chi connectivity index (χ2v) is 8.75. The van der Waals surface area contributed by atoms with Crippen molar-refractivity contribution in [3.05, 3.63) is 41.7 Å². The van der Waals surface area contributed by atoms with Crippen LogP contribution < -0.4 is 16.4 Å². The maximum atomic E-state index is 11.2. The lowest BCUT2D eigenvalue weighted by Gasteiger charge is -2.37. The van der Waals surface area contributed by atoms with E-state index in [2.05, 4.69) is 26.1 Å². The van der Waals surface area contributed by atoms with Gasteiger partial charge < -0.3 is 30.9 Å². The summed E-state index contributed by atoms with van der Waals surface area (Å²) in [6.45, 7) is 11.5. The maximum absolute atomic E-state index is 11.2. The zero-order valence-electron chi connectivity index (χ0n) is 20.7. The van der Waals surface area contributed by atoms with Crippen molar-refractivity contribution in [3.63, 3.8) is 0 Å². The highest BCUT2D eigenvalue weighted by Gasteiger charge is 2.19. The molecule has 10 heteroatoms. The van der Waals surface area contributed by atoms with Crippen molar-refractivity contribution in [2.45, 2.75) is 32.6 Å². The van der Waals surface area contributed by atoms with E-state index in [1.54, 1.807) is 0 Å². The molecule has 0 saturated carbocycles. The number of carbonyl (C=O) groups is 2. The van der Waals surface area contributed by atoms with Gasteiger partial charge in [0.2, 0.25) is 5.91 Å². The highest BCUT2D eigenvalue weighted by molar-refractivity contribution is 6.31. The van der Waals surface area contributed by atoms with E-state index >= 15 is 0 Å². The van der Waals surface area contributed by atoms with E-state index in [0.29, 0.717) is 29.0 Å². The Hall–Kier alpha value is -3.20. The molecule has 2 saturated heterocycles. The van der Waals surface area contributed by atoms with Crippen LogP contribution in [0.15, 0.2) is 36.7 Å². The van der Waals surface area contributed by atoms with Crippen molar-refractivity contribution >= 4 is 46.4 Å². The Bertz CT molecular complexity index is 989. The van der Waals surface area contributed by atoms with Gasteiger partial charge in [0.1, 0.15) is 5.82 Å². The van der Waals surface area contributed by atoms with Gasteiger partial charge in [-0.15, -0.1) is 0 Å². The third kappa shape index (κ3) is 8.51. The zero-order chi connectivity index (χ0) is 25.8. The van der Waals surface area contributed by atoms with Crippen LogP contribution >= 0.6 is 11.6 Å². The highest BCUT2D eigenvalue weighted by Crippen LogP contribution is 2.30. The van der Waals surface area contributed by atoms with Crippen LogP contribution in [0.5, 0.6) is 0 Å². The number of nitrogens with zero attached hydrogens (tertiary/aromatic N) is 4. The van der Waals surface area contributed by atoms with Gasteiger partial charge in [0.25, 0.3) is 6.47 Å². The number of amides is 1. The molecule has 3 heterocycles. The molecule has 2 aromatic rings. The van der Waals surface area contributed by atoms with Crippen LogP contribution in [0.2, 0.25) is 5.02 Å². The van der Waals surface area contributed by atoms with E-state index in [1.165, 1.54) is 20.0 Å². The highest BCUT2D eigenvalue weighted by atomic mass is 35.5. The first-order chi connectivity index (χ1) is 16.8. The summed E-state index contributed by atoms with van der Waals surface area (Å²) in [7, 11) is 1.31. The fraction of sp³-hybridized carbons (Fsp3) is 0.480. The number of hydrogen-bond acceptors (Lipinski definition) is 8. The minimum Gasteiger partial charge on any atom is -0.471 e. The molecule has 0 bridgehead atoms. The van der Waals surface area contributed by atoms with Gasteiger partial charge in [-0.1, -0.05) is 24.6 Å². The lowest BCUT2D eigenvalue weighted by atomic mass is 10.1. The minimum absolute atomic E-state index is 0.347. The minimum atomic E-state index is 0.347. The zero-order valence-corrected chi connectivity index (χ0v) is 21.5. The monoisotopic (exact) mass is 504 g/mol. The topological polar surface area (TPSA) is 118 Å². The van der Waals surface area contributed by atoms with E-state index in [1.807, 2.05) is 36.1 Å². The van der Waals surface area contributed by atoms with Crippen LogP contribution in [-0.4, -0.2) is 73.5 Å². The van der Waals surface area contributed by atoms with Gasteiger partial charge in [0, 0.05) is 67.9 Å². The third-order valence-electron chi connectivity index (χ3n) is 5.95. The lowest BCUT2D eigenvalue weighted by Crippen LogP contribution is -2.47. The summed E-state index contributed by atoms with van der Waals surface area (Å²) in [6.07, 6.45) is 4.28. The Labute approximate surface area is 212 Å². The first kappa shape index (κ1) is 28.0. The number of nitrogens with two attached hydrogens (primary N) is 2. The van der Waals surface area contributed by atoms with E-state index < -0.39 is 0 Å². The Morgan fingerprint density at radius 1 is 1.17 bits per heavy atom. The van der Waals surface area contributed by atoms with Gasteiger partial charge in [-0.3, -0.25) is 9.59 Å². The number of likely N-dealkylation sites (tertiary alicyclic amines) is 1. The first-order valence-corrected chi connectivity index (χ1v) is 12.2. The molecular weight excluding hydrogens is 468 g/mol. The largest absolute Gasteiger partial charge is 0.471 e. The number of ether oxygens (including phenoxy) is 1. The number of pyridine rings is 1. The number of halogens is 1. The molecule has 4 rings (SSSR count). The number of benzene rings is 1. The maximum Gasteiger partial charge on any atom is 0.292 e. The molecule has 2 aliphatic heterocycles. The second kappa shape index (κ2) is 14.3. The van der Waals surface area contributed by atoms with E-state index in [9.17, 15) is 4.79 Å². The van der Waals surface area contributed by atoms with Crippen molar-refractivity contribution < 1.29 is 14.3 Å².